The molecule has 3 aromatic rings. The van der Waals surface area contributed by atoms with E-state index in [2.05, 4.69) is 37.4 Å². The first-order valence-corrected chi connectivity index (χ1v) is 9.37. The summed E-state index contributed by atoms with van der Waals surface area (Å²) in [5, 5.41) is 15.8. The summed E-state index contributed by atoms with van der Waals surface area (Å²) >= 11 is 2.13. The van der Waals surface area contributed by atoms with Crippen molar-refractivity contribution in [2.75, 3.05) is 14.2 Å². The number of nitrogens with zero attached hydrogens (tertiary/aromatic N) is 3. The molecule has 0 aliphatic carbocycles. The van der Waals surface area contributed by atoms with Crippen LogP contribution in [0.2, 0.25) is 0 Å². The zero-order valence-electron chi connectivity index (χ0n) is 15.5. The second-order valence-corrected chi connectivity index (χ2v) is 7.22. The molecule has 0 saturated carbocycles. The Kier molecular flexibility index (Phi) is 5.66. The van der Waals surface area contributed by atoms with Gasteiger partial charge in [-0.3, -0.25) is 0 Å². The molecule has 27 heavy (non-hydrogen) atoms. The third-order valence-corrected chi connectivity index (χ3v) is 5.53. The molecule has 0 aliphatic rings. The normalized spacial score (nSPS) is 12.2. The molecule has 142 valence electrons. The smallest absolute Gasteiger partial charge is 0.339 e. The SMILES string of the molecule is COC(=O)C(O)c1c(C)nc2c(c(C)nn2Cc2ccc(OC)cc2)c1I. The van der Waals surface area contributed by atoms with Crippen LogP contribution in [0.15, 0.2) is 24.3 Å². The molecule has 1 aromatic carbocycles. The van der Waals surface area contributed by atoms with Gasteiger partial charge >= 0.3 is 5.97 Å². The van der Waals surface area contributed by atoms with E-state index in [1.54, 1.807) is 14.0 Å². The number of hydrogen-bond donors (Lipinski definition) is 1. The quantitative estimate of drug-likeness (QED) is 0.446. The lowest BCUT2D eigenvalue weighted by atomic mass is 10.1. The van der Waals surface area contributed by atoms with Crippen LogP contribution in [0.1, 0.15) is 28.6 Å². The first-order chi connectivity index (χ1) is 12.9. The number of methoxy groups -OCH3 is 2. The number of aliphatic hydroxyl groups is 1. The fourth-order valence-corrected chi connectivity index (χ4v) is 4.33. The van der Waals surface area contributed by atoms with E-state index in [9.17, 15) is 9.90 Å². The van der Waals surface area contributed by atoms with E-state index in [1.165, 1.54) is 7.11 Å². The minimum atomic E-state index is -1.37. The number of halogens is 1. The molecule has 0 saturated heterocycles. The fraction of sp³-hybridized carbons (Fsp3) is 0.316. The van der Waals surface area contributed by atoms with Crippen LogP contribution in [0.25, 0.3) is 11.0 Å². The van der Waals surface area contributed by atoms with Gasteiger partial charge in [0.05, 0.1) is 31.8 Å². The molecule has 1 atom stereocenters. The van der Waals surface area contributed by atoms with Gasteiger partial charge in [0, 0.05) is 14.8 Å². The van der Waals surface area contributed by atoms with Crippen LogP contribution in [0.4, 0.5) is 0 Å². The zero-order valence-corrected chi connectivity index (χ0v) is 17.6. The second kappa shape index (κ2) is 7.81. The Morgan fingerprint density at radius 2 is 1.89 bits per heavy atom. The molecule has 0 aliphatic heterocycles. The van der Waals surface area contributed by atoms with Crippen molar-refractivity contribution < 1.29 is 19.4 Å². The molecule has 0 fully saturated rings. The lowest BCUT2D eigenvalue weighted by Gasteiger charge is -2.14. The molecule has 1 unspecified atom stereocenters. The average Bonchev–Trinajstić information content (AvgIpc) is 2.96. The third kappa shape index (κ3) is 3.63. The highest BCUT2D eigenvalue weighted by Crippen LogP contribution is 2.32. The summed E-state index contributed by atoms with van der Waals surface area (Å²) in [5.41, 5.74) is 3.59. The Labute approximate surface area is 170 Å². The van der Waals surface area contributed by atoms with Crippen LogP contribution >= 0.6 is 22.6 Å². The van der Waals surface area contributed by atoms with E-state index < -0.39 is 12.1 Å². The Morgan fingerprint density at radius 1 is 1.22 bits per heavy atom. The van der Waals surface area contributed by atoms with Crippen LogP contribution in [0, 0.1) is 17.4 Å². The van der Waals surface area contributed by atoms with Gasteiger partial charge in [-0.05, 0) is 54.1 Å². The average molecular weight is 481 g/mol. The fourth-order valence-electron chi connectivity index (χ4n) is 3.01. The summed E-state index contributed by atoms with van der Waals surface area (Å²) in [6, 6.07) is 7.77. The maximum Gasteiger partial charge on any atom is 0.339 e. The third-order valence-electron chi connectivity index (χ3n) is 4.41. The largest absolute Gasteiger partial charge is 0.497 e. The van der Waals surface area contributed by atoms with Gasteiger partial charge in [0.25, 0.3) is 0 Å². The number of ether oxygens (including phenoxy) is 2. The highest BCUT2D eigenvalue weighted by atomic mass is 127. The van der Waals surface area contributed by atoms with Crippen molar-refractivity contribution in [3.63, 3.8) is 0 Å². The Hall–Kier alpha value is -2.20. The van der Waals surface area contributed by atoms with Gasteiger partial charge in [-0.1, -0.05) is 12.1 Å². The minimum absolute atomic E-state index is 0.460. The second-order valence-electron chi connectivity index (χ2n) is 6.14. The van der Waals surface area contributed by atoms with Gasteiger partial charge in [0.15, 0.2) is 11.8 Å². The van der Waals surface area contributed by atoms with Gasteiger partial charge < -0.3 is 14.6 Å². The first kappa shape index (κ1) is 19.6. The van der Waals surface area contributed by atoms with E-state index in [0.29, 0.717) is 23.4 Å². The highest BCUT2D eigenvalue weighted by molar-refractivity contribution is 14.1. The topological polar surface area (TPSA) is 86.5 Å². The standard InChI is InChI=1S/C19H20IN3O4/c1-10-14(17(24)19(25)27-4)16(20)15-11(2)22-23(18(15)21-10)9-12-5-7-13(26-3)8-6-12/h5-8,17,24H,9H2,1-4H3. The molecule has 1 N–H and O–H groups in total. The van der Waals surface area contributed by atoms with Crippen LogP contribution in [0.5, 0.6) is 5.75 Å². The Bertz CT molecular complexity index is 999. The minimum Gasteiger partial charge on any atom is -0.497 e. The summed E-state index contributed by atoms with van der Waals surface area (Å²) in [4.78, 5) is 16.4. The zero-order chi connectivity index (χ0) is 19.7. The summed E-state index contributed by atoms with van der Waals surface area (Å²) in [6.07, 6.45) is -1.37. The van der Waals surface area contributed by atoms with E-state index >= 15 is 0 Å². The van der Waals surface area contributed by atoms with E-state index in [-0.39, 0.29) is 0 Å². The molecule has 0 radical (unpaired) electrons. The van der Waals surface area contributed by atoms with Crippen molar-refractivity contribution in [3.8, 4) is 5.75 Å². The van der Waals surface area contributed by atoms with Crippen LogP contribution in [0.3, 0.4) is 0 Å². The van der Waals surface area contributed by atoms with E-state index in [1.807, 2.05) is 35.9 Å². The molecule has 0 amide bonds. The monoisotopic (exact) mass is 481 g/mol. The maximum absolute atomic E-state index is 11.8. The summed E-state index contributed by atoms with van der Waals surface area (Å²) < 4.78 is 12.4. The molecule has 3 rings (SSSR count). The number of aryl methyl sites for hydroxylation is 2. The number of aromatic nitrogens is 3. The molecule has 8 heteroatoms. The molecule has 2 heterocycles. The summed E-state index contributed by atoms with van der Waals surface area (Å²) in [7, 11) is 2.88. The van der Waals surface area contributed by atoms with E-state index in [4.69, 9.17) is 4.74 Å². The molecule has 0 bridgehead atoms. The molecule has 2 aromatic heterocycles. The van der Waals surface area contributed by atoms with Gasteiger partial charge in [-0.15, -0.1) is 0 Å². The van der Waals surface area contributed by atoms with Crippen molar-refractivity contribution >= 4 is 39.6 Å². The van der Waals surface area contributed by atoms with Gasteiger partial charge in [-0.2, -0.15) is 5.10 Å². The Morgan fingerprint density at radius 3 is 2.48 bits per heavy atom. The van der Waals surface area contributed by atoms with Crippen molar-refractivity contribution in [3.05, 3.63) is 50.4 Å². The van der Waals surface area contributed by atoms with Crippen molar-refractivity contribution in [1.29, 1.82) is 0 Å². The molecule has 0 spiro atoms. The maximum atomic E-state index is 11.8. The highest BCUT2D eigenvalue weighted by Gasteiger charge is 2.27. The number of benzene rings is 1. The lowest BCUT2D eigenvalue weighted by Crippen LogP contribution is -2.17. The van der Waals surface area contributed by atoms with Crippen LogP contribution in [-0.2, 0) is 16.1 Å². The lowest BCUT2D eigenvalue weighted by molar-refractivity contribution is -0.150. The molecule has 7 nitrogen and oxygen atoms in total. The Balaban J connectivity index is 2.08. The number of carbonyl (C=O) groups is 1. The van der Waals surface area contributed by atoms with Crippen LogP contribution in [-0.4, -0.2) is 40.1 Å². The van der Waals surface area contributed by atoms with Crippen molar-refractivity contribution in [2.45, 2.75) is 26.5 Å². The molecular formula is C19H20IN3O4. The summed E-state index contributed by atoms with van der Waals surface area (Å²) in [6.45, 7) is 4.21. The number of aliphatic hydroxyl groups excluding tert-OH is 1. The van der Waals surface area contributed by atoms with Gasteiger partial charge in [0.2, 0.25) is 0 Å². The van der Waals surface area contributed by atoms with Crippen molar-refractivity contribution in [1.82, 2.24) is 14.8 Å². The number of hydrogen-bond acceptors (Lipinski definition) is 6. The number of esters is 1. The summed E-state index contributed by atoms with van der Waals surface area (Å²) in [5.74, 6) is 0.0886. The van der Waals surface area contributed by atoms with Gasteiger partial charge in [-0.25, -0.2) is 14.5 Å². The predicted molar refractivity (Wildman–Crippen MR) is 109 cm³/mol. The predicted octanol–water partition coefficient (Wildman–Crippen LogP) is 2.92. The molecular weight excluding hydrogens is 461 g/mol. The van der Waals surface area contributed by atoms with Crippen LogP contribution < -0.4 is 4.74 Å². The van der Waals surface area contributed by atoms with Gasteiger partial charge in [0.1, 0.15) is 5.75 Å². The van der Waals surface area contributed by atoms with Crippen molar-refractivity contribution in [2.24, 2.45) is 0 Å². The number of rotatable bonds is 5. The number of pyridine rings is 1. The number of carbonyl (C=O) groups excluding carboxylic acids is 1. The van der Waals surface area contributed by atoms with E-state index in [0.717, 1.165) is 26.0 Å². The first-order valence-electron chi connectivity index (χ1n) is 8.29. The number of fused-ring (bicyclic) bond motifs is 1.